The van der Waals surface area contributed by atoms with Crippen molar-refractivity contribution in [3.63, 3.8) is 0 Å². The Kier molecular flexibility index (Phi) is 9.54. The minimum Gasteiger partial charge on any atom is -0.380 e. The average molecular weight is 229 g/mol. The van der Waals surface area contributed by atoms with Crippen molar-refractivity contribution in [2.45, 2.75) is 53.0 Å². The maximum absolute atomic E-state index is 11.4. The van der Waals surface area contributed by atoms with Crippen LogP contribution in [-0.4, -0.2) is 31.6 Å². The summed E-state index contributed by atoms with van der Waals surface area (Å²) in [6, 6.07) is 0.497. The first-order valence-electron chi connectivity index (χ1n) is 6.35. The van der Waals surface area contributed by atoms with Crippen molar-refractivity contribution in [2.24, 2.45) is 5.92 Å². The van der Waals surface area contributed by atoms with E-state index in [1.807, 2.05) is 0 Å². The fourth-order valence-corrected chi connectivity index (χ4v) is 1.28. The molecule has 3 heteroatoms. The topological polar surface area (TPSA) is 38.3 Å². The summed E-state index contributed by atoms with van der Waals surface area (Å²) in [5, 5.41) is 3.26. The van der Waals surface area contributed by atoms with Crippen molar-refractivity contribution >= 4 is 5.78 Å². The van der Waals surface area contributed by atoms with E-state index in [0.29, 0.717) is 43.8 Å². The van der Waals surface area contributed by atoms with Gasteiger partial charge >= 0.3 is 0 Å². The Labute approximate surface area is 99.9 Å². The van der Waals surface area contributed by atoms with Gasteiger partial charge in [0, 0.05) is 25.4 Å². The predicted octanol–water partition coefficient (Wildman–Crippen LogP) is 2.40. The Morgan fingerprint density at radius 1 is 1.12 bits per heavy atom. The summed E-state index contributed by atoms with van der Waals surface area (Å²) >= 11 is 0. The highest BCUT2D eigenvalue weighted by Gasteiger charge is 2.03. The molecule has 0 aliphatic heterocycles. The number of Topliss-reactive ketones (excluding diaryl/α,β-unsaturated/α-hetero) is 1. The molecule has 16 heavy (non-hydrogen) atoms. The predicted molar refractivity (Wildman–Crippen MR) is 67.7 cm³/mol. The van der Waals surface area contributed by atoms with E-state index in [4.69, 9.17) is 4.74 Å². The molecule has 0 saturated heterocycles. The van der Waals surface area contributed by atoms with Crippen LogP contribution in [0.15, 0.2) is 0 Å². The summed E-state index contributed by atoms with van der Waals surface area (Å²) in [4.78, 5) is 11.4. The van der Waals surface area contributed by atoms with E-state index in [1.165, 1.54) is 0 Å². The minimum absolute atomic E-state index is 0.325. The lowest BCUT2D eigenvalue weighted by Gasteiger charge is -2.08. The van der Waals surface area contributed by atoms with Crippen molar-refractivity contribution in [1.29, 1.82) is 0 Å². The third-order valence-corrected chi connectivity index (χ3v) is 2.32. The summed E-state index contributed by atoms with van der Waals surface area (Å²) in [5.74, 6) is 0.936. The van der Waals surface area contributed by atoms with Crippen LogP contribution in [0.4, 0.5) is 0 Å². The molecule has 0 saturated carbocycles. The quantitative estimate of drug-likeness (QED) is 0.585. The first-order valence-corrected chi connectivity index (χ1v) is 6.35. The molecule has 0 rings (SSSR count). The summed E-state index contributed by atoms with van der Waals surface area (Å²) < 4.78 is 5.38. The average Bonchev–Trinajstić information content (AvgIpc) is 2.19. The highest BCUT2D eigenvalue weighted by molar-refractivity contribution is 5.78. The van der Waals surface area contributed by atoms with Crippen LogP contribution in [0.3, 0.4) is 0 Å². The molecule has 3 nitrogen and oxygen atoms in total. The maximum atomic E-state index is 11.4. The van der Waals surface area contributed by atoms with Crippen molar-refractivity contribution in [2.75, 3.05) is 19.8 Å². The van der Waals surface area contributed by atoms with E-state index < -0.39 is 0 Å². The first-order chi connectivity index (χ1) is 7.52. The molecule has 0 spiro atoms. The zero-order valence-corrected chi connectivity index (χ0v) is 11.2. The third-order valence-electron chi connectivity index (χ3n) is 2.32. The van der Waals surface area contributed by atoms with Crippen LogP contribution in [-0.2, 0) is 9.53 Å². The van der Waals surface area contributed by atoms with E-state index in [-0.39, 0.29) is 0 Å². The van der Waals surface area contributed by atoms with Crippen molar-refractivity contribution in [3.8, 4) is 0 Å². The van der Waals surface area contributed by atoms with E-state index in [2.05, 4.69) is 33.0 Å². The van der Waals surface area contributed by atoms with Gasteiger partial charge in [-0.05, 0) is 12.3 Å². The van der Waals surface area contributed by atoms with Crippen LogP contribution >= 0.6 is 0 Å². The smallest absolute Gasteiger partial charge is 0.135 e. The summed E-state index contributed by atoms with van der Waals surface area (Å²) in [7, 11) is 0. The molecular weight excluding hydrogens is 202 g/mol. The van der Waals surface area contributed by atoms with Gasteiger partial charge in [0.25, 0.3) is 0 Å². The molecule has 0 aliphatic rings. The van der Waals surface area contributed by atoms with Gasteiger partial charge in [-0.1, -0.05) is 27.7 Å². The van der Waals surface area contributed by atoms with Crippen molar-refractivity contribution in [3.05, 3.63) is 0 Å². The number of nitrogens with one attached hydrogen (secondary N) is 1. The first kappa shape index (κ1) is 15.6. The van der Waals surface area contributed by atoms with Crippen LogP contribution in [0.1, 0.15) is 47.0 Å². The molecule has 0 unspecified atom stereocenters. The molecule has 0 amide bonds. The third kappa shape index (κ3) is 11.7. The molecule has 0 heterocycles. The molecule has 0 aromatic rings. The Morgan fingerprint density at radius 2 is 1.81 bits per heavy atom. The molecular formula is C13H27NO2. The SMILES string of the molecule is CC(C)CCC(=O)CCOCCNC(C)C. The molecule has 0 aliphatic carbocycles. The molecule has 0 radical (unpaired) electrons. The van der Waals surface area contributed by atoms with Gasteiger partial charge in [-0.3, -0.25) is 4.79 Å². The second-order valence-corrected chi connectivity index (χ2v) is 4.94. The number of ether oxygens (including phenoxy) is 1. The highest BCUT2D eigenvalue weighted by atomic mass is 16.5. The molecule has 96 valence electrons. The second-order valence-electron chi connectivity index (χ2n) is 4.94. The van der Waals surface area contributed by atoms with Gasteiger partial charge in [0.05, 0.1) is 13.2 Å². The van der Waals surface area contributed by atoms with E-state index in [1.54, 1.807) is 0 Å². The highest BCUT2D eigenvalue weighted by Crippen LogP contribution is 2.05. The number of ketones is 1. The zero-order valence-electron chi connectivity index (χ0n) is 11.2. The van der Waals surface area contributed by atoms with Gasteiger partial charge in [0.2, 0.25) is 0 Å². The summed E-state index contributed by atoms with van der Waals surface area (Å²) in [5.41, 5.74) is 0. The fraction of sp³-hybridized carbons (Fsp3) is 0.923. The number of hydrogen-bond donors (Lipinski definition) is 1. The lowest BCUT2D eigenvalue weighted by atomic mass is 10.0. The van der Waals surface area contributed by atoms with Crippen molar-refractivity contribution in [1.82, 2.24) is 5.32 Å². The number of carbonyl (C=O) groups excluding carboxylic acids is 1. The summed E-state index contributed by atoms with van der Waals surface area (Å²) in [6.07, 6.45) is 2.26. The van der Waals surface area contributed by atoms with Crippen LogP contribution in [0.2, 0.25) is 0 Å². The Balaban J connectivity index is 3.21. The van der Waals surface area contributed by atoms with E-state index >= 15 is 0 Å². The standard InChI is InChI=1S/C13H27NO2/c1-11(2)5-6-13(15)7-9-16-10-8-14-12(3)4/h11-12,14H,5-10H2,1-4H3. The second kappa shape index (κ2) is 9.79. The number of carbonyl (C=O) groups is 1. The summed E-state index contributed by atoms with van der Waals surface area (Å²) in [6.45, 7) is 10.6. The number of hydrogen-bond acceptors (Lipinski definition) is 3. The molecule has 0 fully saturated rings. The largest absolute Gasteiger partial charge is 0.380 e. The van der Waals surface area contributed by atoms with Gasteiger partial charge in [-0.25, -0.2) is 0 Å². The van der Waals surface area contributed by atoms with Gasteiger partial charge in [0.15, 0.2) is 0 Å². The molecule has 0 atom stereocenters. The van der Waals surface area contributed by atoms with Gasteiger partial charge in [0.1, 0.15) is 5.78 Å². The van der Waals surface area contributed by atoms with Gasteiger partial charge in [-0.15, -0.1) is 0 Å². The Morgan fingerprint density at radius 3 is 2.38 bits per heavy atom. The van der Waals surface area contributed by atoms with Crippen LogP contribution in [0, 0.1) is 5.92 Å². The van der Waals surface area contributed by atoms with Crippen molar-refractivity contribution < 1.29 is 9.53 Å². The Hall–Kier alpha value is -0.410. The fourth-order valence-electron chi connectivity index (χ4n) is 1.28. The van der Waals surface area contributed by atoms with Crippen LogP contribution in [0.25, 0.3) is 0 Å². The monoisotopic (exact) mass is 229 g/mol. The van der Waals surface area contributed by atoms with Crippen LogP contribution < -0.4 is 5.32 Å². The van der Waals surface area contributed by atoms with E-state index in [9.17, 15) is 4.79 Å². The van der Waals surface area contributed by atoms with Gasteiger partial charge in [-0.2, -0.15) is 0 Å². The number of rotatable bonds is 10. The normalized spacial score (nSPS) is 11.4. The minimum atomic E-state index is 0.325. The molecule has 0 aromatic carbocycles. The lowest BCUT2D eigenvalue weighted by Crippen LogP contribution is -2.26. The maximum Gasteiger partial charge on any atom is 0.135 e. The van der Waals surface area contributed by atoms with E-state index in [0.717, 1.165) is 13.0 Å². The Bertz CT molecular complexity index is 179. The molecule has 0 bridgehead atoms. The van der Waals surface area contributed by atoms with Crippen LogP contribution in [0.5, 0.6) is 0 Å². The molecule has 0 aromatic heterocycles. The zero-order chi connectivity index (χ0) is 12.4. The molecule has 1 N–H and O–H groups in total. The van der Waals surface area contributed by atoms with Gasteiger partial charge < -0.3 is 10.1 Å². The lowest BCUT2D eigenvalue weighted by molar-refractivity contribution is -0.120.